The van der Waals surface area contributed by atoms with Crippen molar-refractivity contribution in [3.63, 3.8) is 0 Å². The first-order valence-corrected chi connectivity index (χ1v) is 7.21. The Kier molecular flexibility index (Phi) is 3.76. The lowest BCUT2D eigenvalue weighted by Gasteiger charge is -2.43. The van der Waals surface area contributed by atoms with Gasteiger partial charge in [-0.2, -0.15) is 0 Å². The maximum absolute atomic E-state index is 6.19. The summed E-state index contributed by atoms with van der Waals surface area (Å²) in [5.74, 6) is 1.01. The molecule has 2 heterocycles. The third-order valence-corrected chi connectivity index (χ3v) is 4.24. The molecule has 2 fully saturated rings. The Labute approximate surface area is 114 Å². The molecule has 0 bridgehead atoms. The minimum atomic E-state index is 0.00382. The molecule has 3 heteroatoms. The van der Waals surface area contributed by atoms with Gasteiger partial charge in [-0.1, -0.05) is 18.2 Å². The molecule has 1 atom stereocenters. The molecule has 2 aliphatic rings. The number of rotatable bonds is 2. The van der Waals surface area contributed by atoms with Crippen LogP contribution in [-0.4, -0.2) is 31.5 Å². The third-order valence-electron chi connectivity index (χ3n) is 4.24. The van der Waals surface area contributed by atoms with Gasteiger partial charge in [-0.15, -0.1) is 0 Å². The van der Waals surface area contributed by atoms with Gasteiger partial charge in [0, 0.05) is 26.1 Å². The summed E-state index contributed by atoms with van der Waals surface area (Å²) in [6.07, 6.45) is 4.25. The predicted octanol–water partition coefficient (Wildman–Crippen LogP) is 3.10. The van der Waals surface area contributed by atoms with Crippen LogP contribution in [0.1, 0.15) is 31.2 Å². The molecule has 0 saturated carbocycles. The average Bonchev–Trinajstić information content (AvgIpc) is 2.42. The standard InChI is InChI=1S/C16H22O3/c1-13-4-2-3-5-15(13)19-14-6-9-18-16(12-14)7-10-17-11-8-16/h2-5,14H,6-12H2,1H3. The van der Waals surface area contributed by atoms with Crippen LogP contribution in [0.3, 0.4) is 0 Å². The van der Waals surface area contributed by atoms with E-state index in [1.165, 1.54) is 5.56 Å². The van der Waals surface area contributed by atoms with E-state index in [0.29, 0.717) is 0 Å². The second kappa shape index (κ2) is 5.51. The van der Waals surface area contributed by atoms with Crippen LogP contribution in [0.15, 0.2) is 24.3 Å². The van der Waals surface area contributed by atoms with E-state index in [9.17, 15) is 0 Å². The summed E-state index contributed by atoms with van der Waals surface area (Å²) in [6, 6.07) is 8.23. The lowest BCUT2D eigenvalue weighted by molar-refractivity contribution is -0.155. The summed E-state index contributed by atoms with van der Waals surface area (Å²) in [5.41, 5.74) is 1.21. The zero-order valence-electron chi connectivity index (χ0n) is 11.6. The van der Waals surface area contributed by atoms with Gasteiger partial charge in [0.25, 0.3) is 0 Å². The normalized spacial score (nSPS) is 26.3. The van der Waals surface area contributed by atoms with Crippen molar-refractivity contribution < 1.29 is 14.2 Å². The van der Waals surface area contributed by atoms with Crippen molar-refractivity contribution in [2.45, 2.75) is 44.3 Å². The van der Waals surface area contributed by atoms with Crippen LogP contribution in [0.4, 0.5) is 0 Å². The lowest BCUT2D eigenvalue weighted by atomic mass is 9.85. The van der Waals surface area contributed by atoms with E-state index in [1.807, 2.05) is 12.1 Å². The summed E-state index contributed by atoms with van der Waals surface area (Å²) in [5, 5.41) is 0. The first-order valence-electron chi connectivity index (χ1n) is 7.21. The van der Waals surface area contributed by atoms with Crippen LogP contribution in [0.25, 0.3) is 0 Å². The maximum atomic E-state index is 6.19. The molecule has 0 aromatic heterocycles. The highest BCUT2D eigenvalue weighted by Gasteiger charge is 2.39. The monoisotopic (exact) mass is 262 g/mol. The van der Waals surface area contributed by atoms with Crippen LogP contribution in [0.5, 0.6) is 5.75 Å². The summed E-state index contributed by atoms with van der Waals surface area (Å²) in [4.78, 5) is 0. The molecule has 0 amide bonds. The summed E-state index contributed by atoms with van der Waals surface area (Å²) >= 11 is 0. The fraction of sp³-hybridized carbons (Fsp3) is 0.625. The Morgan fingerprint density at radius 3 is 2.74 bits per heavy atom. The van der Waals surface area contributed by atoms with Crippen LogP contribution in [0, 0.1) is 6.92 Å². The highest BCUT2D eigenvalue weighted by molar-refractivity contribution is 5.32. The van der Waals surface area contributed by atoms with Crippen LogP contribution < -0.4 is 4.74 Å². The molecule has 3 nitrogen and oxygen atoms in total. The zero-order chi connectivity index (χ0) is 13.1. The lowest BCUT2D eigenvalue weighted by Crippen LogP contribution is -2.47. The highest BCUT2D eigenvalue weighted by atomic mass is 16.5. The molecule has 2 saturated heterocycles. The second-order valence-corrected chi connectivity index (χ2v) is 5.64. The maximum Gasteiger partial charge on any atom is 0.122 e. The smallest absolute Gasteiger partial charge is 0.122 e. The molecule has 0 aliphatic carbocycles. The highest BCUT2D eigenvalue weighted by Crippen LogP contribution is 2.36. The van der Waals surface area contributed by atoms with E-state index in [1.54, 1.807) is 0 Å². The fourth-order valence-corrected chi connectivity index (χ4v) is 3.04. The minimum absolute atomic E-state index is 0.00382. The van der Waals surface area contributed by atoms with Crippen LogP contribution in [-0.2, 0) is 9.47 Å². The number of ether oxygens (including phenoxy) is 3. The second-order valence-electron chi connectivity index (χ2n) is 5.64. The van der Waals surface area contributed by atoms with Crippen LogP contribution in [0.2, 0.25) is 0 Å². The van der Waals surface area contributed by atoms with Crippen molar-refractivity contribution in [3.8, 4) is 5.75 Å². The largest absolute Gasteiger partial charge is 0.490 e. The Morgan fingerprint density at radius 2 is 1.95 bits per heavy atom. The van der Waals surface area contributed by atoms with Crippen molar-refractivity contribution in [1.82, 2.24) is 0 Å². The Hall–Kier alpha value is -1.06. The molecular weight excluding hydrogens is 240 g/mol. The van der Waals surface area contributed by atoms with E-state index < -0.39 is 0 Å². The Balaban J connectivity index is 1.67. The topological polar surface area (TPSA) is 27.7 Å². The van der Waals surface area contributed by atoms with E-state index >= 15 is 0 Å². The van der Waals surface area contributed by atoms with E-state index in [-0.39, 0.29) is 11.7 Å². The predicted molar refractivity (Wildman–Crippen MR) is 73.6 cm³/mol. The first kappa shape index (κ1) is 12.9. The van der Waals surface area contributed by atoms with Gasteiger partial charge in [0.2, 0.25) is 0 Å². The minimum Gasteiger partial charge on any atom is -0.490 e. The van der Waals surface area contributed by atoms with Crippen molar-refractivity contribution >= 4 is 0 Å². The Morgan fingerprint density at radius 1 is 1.16 bits per heavy atom. The number of hydrogen-bond donors (Lipinski definition) is 0. The zero-order valence-corrected chi connectivity index (χ0v) is 11.6. The van der Waals surface area contributed by atoms with Crippen molar-refractivity contribution in [3.05, 3.63) is 29.8 Å². The third kappa shape index (κ3) is 2.93. The molecule has 1 aromatic carbocycles. The van der Waals surface area contributed by atoms with E-state index in [0.717, 1.165) is 51.3 Å². The molecule has 3 rings (SSSR count). The summed E-state index contributed by atoms with van der Waals surface area (Å²) in [6.45, 7) is 4.53. The van der Waals surface area contributed by atoms with Gasteiger partial charge < -0.3 is 14.2 Å². The van der Waals surface area contributed by atoms with Crippen LogP contribution >= 0.6 is 0 Å². The molecule has 1 aromatic rings. The van der Waals surface area contributed by atoms with Gasteiger partial charge in [-0.05, 0) is 31.4 Å². The summed E-state index contributed by atoms with van der Waals surface area (Å²) in [7, 11) is 0. The van der Waals surface area contributed by atoms with E-state index in [2.05, 4.69) is 19.1 Å². The SMILES string of the molecule is Cc1ccccc1OC1CCOC2(CCOCC2)C1. The molecule has 1 spiro atoms. The molecule has 104 valence electrons. The van der Waals surface area contributed by atoms with Crippen molar-refractivity contribution in [2.24, 2.45) is 0 Å². The van der Waals surface area contributed by atoms with Gasteiger partial charge in [0.05, 0.1) is 12.2 Å². The number of aryl methyl sites for hydroxylation is 1. The molecule has 19 heavy (non-hydrogen) atoms. The quantitative estimate of drug-likeness (QED) is 0.819. The number of benzene rings is 1. The molecular formula is C16H22O3. The molecule has 0 N–H and O–H groups in total. The summed E-state index contributed by atoms with van der Waals surface area (Å²) < 4.78 is 17.7. The average molecular weight is 262 g/mol. The first-order chi connectivity index (χ1) is 9.27. The van der Waals surface area contributed by atoms with Crippen molar-refractivity contribution in [2.75, 3.05) is 19.8 Å². The van der Waals surface area contributed by atoms with Gasteiger partial charge in [0.1, 0.15) is 11.9 Å². The van der Waals surface area contributed by atoms with Gasteiger partial charge in [-0.3, -0.25) is 0 Å². The van der Waals surface area contributed by atoms with Crippen molar-refractivity contribution in [1.29, 1.82) is 0 Å². The number of para-hydroxylation sites is 1. The van der Waals surface area contributed by atoms with Gasteiger partial charge in [0.15, 0.2) is 0 Å². The molecule has 2 aliphatic heterocycles. The Bertz CT molecular complexity index is 418. The van der Waals surface area contributed by atoms with Gasteiger partial charge >= 0.3 is 0 Å². The molecule has 0 radical (unpaired) electrons. The van der Waals surface area contributed by atoms with Gasteiger partial charge in [-0.25, -0.2) is 0 Å². The van der Waals surface area contributed by atoms with E-state index in [4.69, 9.17) is 14.2 Å². The molecule has 1 unspecified atom stereocenters. The number of hydrogen-bond acceptors (Lipinski definition) is 3. The fourth-order valence-electron chi connectivity index (χ4n) is 3.04.